The number of ether oxygens (including phenoxy) is 5. The molecule has 19 heteroatoms. The zero-order valence-corrected chi connectivity index (χ0v) is 39.0. The molecule has 5 rings (SSSR count). The Kier molecular flexibility index (Phi) is 16.3. The molecule has 5 N–H and O–H groups in total. The Balaban J connectivity index is 1.67. The minimum atomic E-state index is -3.23. The van der Waals surface area contributed by atoms with E-state index >= 15 is 4.39 Å². The Labute approximate surface area is 372 Å². The van der Waals surface area contributed by atoms with Gasteiger partial charge in [0.15, 0.2) is 18.7 Å². The van der Waals surface area contributed by atoms with Crippen LogP contribution >= 0.6 is 11.3 Å². The molecule has 2 aromatic heterocycles. The van der Waals surface area contributed by atoms with Crippen molar-refractivity contribution in [3.05, 3.63) is 40.7 Å². The van der Waals surface area contributed by atoms with Crippen molar-refractivity contribution in [2.24, 2.45) is 17.0 Å². The van der Waals surface area contributed by atoms with Crippen molar-refractivity contribution in [3.63, 3.8) is 0 Å². The van der Waals surface area contributed by atoms with Crippen molar-refractivity contribution >= 4 is 40.5 Å². The van der Waals surface area contributed by atoms with E-state index in [0.29, 0.717) is 34.2 Å². The normalized spacial score (nSPS) is 36.9. The van der Waals surface area contributed by atoms with Crippen LogP contribution in [0.3, 0.4) is 0 Å². The fraction of sp³-hybridized carbons (Fsp3) is 0.682. The maximum atomic E-state index is 17.0. The predicted octanol–water partition coefficient (Wildman–Crippen LogP) is 4.49. The Morgan fingerprint density at radius 2 is 1.87 bits per heavy atom. The van der Waals surface area contributed by atoms with Gasteiger partial charge in [-0.25, -0.2) is 14.2 Å². The number of hydrogen-bond donors (Lipinski definition) is 4. The minimum absolute atomic E-state index is 0.0100. The van der Waals surface area contributed by atoms with Crippen molar-refractivity contribution < 1.29 is 57.5 Å². The molecule has 0 saturated carbocycles. The SMILES string of the molecule is CCC(=O)N/C1=C(\C)[C@H]2OCC(=NOCc3ccc(-c4nc(N)cs4)cn3)CO[C@](C)(C[C@H]1C)[C@H](O[C@@H]1O[C@H](C)C[C@H](N(C)C)[C@H]1O)[C@@H](C)C(=O)[C@](C)(F)C(=O)O[C@H](CC)[C@@]2(C)O. The molecule has 63 heavy (non-hydrogen) atoms. The second kappa shape index (κ2) is 20.5. The van der Waals surface area contributed by atoms with Gasteiger partial charge in [0, 0.05) is 41.2 Å². The Bertz CT molecular complexity index is 1990. The first-order valence-electron chi connectivity index (χ1n) is 21.5. The molecular weight excluding hydrogens is 840 g/mol. The summed E-state index contributed by atoms with van der Waals surface area (Å²) in [5.41, 5.74) is 1.19. The monoisotopic (exact) mass is 904 g/mol. The molecule has 1 saturated heterocycles. The molecule has 17 nitrogen and oxygen atoms in total. The lowest BCUT2D eigenvalue weighted by molar-refractivity contribution is -0.296. The lowest BCUT2D eigenvalue weighted by atomic mass is 9.76. The number of thiazole rings is 1. The second-order valence-electron chi connectivity index (χ2n) is 17.8. The number of nitrogens with zero attached hydrogens (tertiary/aromatic N) is 4. The molecule has 3 aliphatic heterocycles. The number of anilines is 1. The van der Waals surface area contributed by atoms with Gasteiger partial charge in [-0.05, 0) is 91.6 Å². The Morgan fingerprint density at radius 3 is 2.48 bits per heavy atom. The molecule has 0 spiro atoms. The topological polar surface area (TPSA) is 226 Å². The number of fused-ring (bicyclic) bond motifs is 4. The standard InChI is InChI=1S/C44H65FN6O11S/c1-12-31-44(9,56)38-25(5)34(49-33(52)13-2)23(3)17-42(7,58-20-29(19-57-38)50-59-21-28-15-14-27(18-47-28)39-48-32(46)22-63-39)37(26(6)36(54)43(8,45)41(55)61-31)62-40-35(53)30(51(10)11)16-24(4)60-40/h14-15,18,22-24,26,30-31,35,37-38,40,53,56H,12-13,16-17,19-21,46H2,1-11H3,(H,49,52)/b34-25+,50-29?/t23-,24-,26+,30+,31-,35-,37-,38-,40+,42-,43+,44-/m1/s1. The van der Waals surface area contributed by atoms with E-state index in [2.05, 4.69) is 20.4 Å². The predicted molar refractivity (Wildman–Crippen MR) is 233 cm³/mol. The maximum Gasteiger partial charge on any atom is 0.351 e. The van der Waals surface area contributed by atoms with E-state index in [1.165, 1.54) is 25.2 Å². The summed E-state index contributed by atoms with van der Waals surface area (Å²) < 4.78 is 48.9. The molecule has 0 radical (unpaired) electrons. The Hall–Kier alpha value is -3.95. The summed E-state index contributed by atoms with van der Waals surface area (Å²) in [6.45, 7) is 13.3. The van der Waals surface area contributed by atoms with Gasteiger partial charge in [0.25, 0.3) is 5.67 Å². The zero-order valence-electron chi connectivity index (χ0n) is 38.2. The highest BCUT2D eigenvalue weighted by Crippen LogP contribution is 2.41. The van der Waals surface area contributed by atoms with Gasteiger partial charge in [-0.2, -0.15) is 0 Å². The number of allylic oxidation sites excluding steroid dienone is 1. The van der Waals surface area contributed by atoms with E-state index < -0.39 is 77.2 Å². The number of halogens is 1. The molecular formula is C44H65FN6O11S. The number of nitrogen functional groups attached to an aromatic ring is 1. The van der Waals surface area contributed by atoms with Gasteiger partial charge in [0.05, 0.1) is 36.7 Å². The number of carbonyl (C=O) groups is 3. The molecule has 0 aliphatic carbocycles. The van der Waals surface area contributed by atoms with Crippen molar-refractivity contribution in [1.82, 2.24) is 20.2 Å². The van der Waals surface area contributed by atoms with E-state index in [9.17, 15) is 24.6 Å². The molecule has 1 amide bonds. The number of nitrogens with one attached hydrogen (secondary N) is 1. The first-order chi connectivity index (χ1) is 29.5. The van der Waals surface area contributed by atoms with Gasteiger partial charge >= 0.3 is 5.97 Å². The van der Waals surface area contributed by atoms with Crippen molar-refractivity contribution in [2.75, 3.05) is 33.0 Å². The molecule has 0 unspecified atom stereocenters. The van der Waals surface area contributed by atoms with E-state index in [1.54, 1.807) is 45.3 Å². The summed E-state index contributed by atoms with van der Waals surface area (Å²) in [5.74, 6) is -4.67. The number of carbonyl (C=O) groups excluding carboxylic acids is 3. The molecule has 1 fully saturated rings. The van der Waals surface area contributed by atoms with Crippen LogP contribution in [-0.4, -0.2) is 135 Å². The van der Waals surface area contributed by atoms with E-state index in [4.69, 9.17) is 34.3 Å². The number of aromatic nitrogens is 2. The van der Waals surface area contributed by atoms with E-state index in [0.717, 1.165) is 12.5 Å². The molecule has 12 atom stereocenters. The van der Waals surface area contributed by atoms with Crippen LogP contribution in [0.2, 0.25) is 0 Å². The summed E-state index contributed by atoms with van der Waals surface area (Å²) in [6, 6.07) is 3.19. The summed E-state index contributed by atoms with van der Waals surface area (Å²) in [7, 11) is 3.63. The number of aliphatic hydroxyl groups excluding tert-OH is 1. The fourth-order valence-corrected chi connectivity index (χ4v) is 9.44. The third-order valence-corrected chi connectivity index (χ3v) is 13.2. The van der Waals surface area contributed by atoms with Crippen LogP contribution < -0.4 is 11.1 Å². The molecule has 2 bridgehead atoms. The number of alkyl halides is 1. The second-order valence-corrected chi connectivity index (χ2v) is 18.6. The van der Waals surface area contributed by atoms with E-state index in [1.807, 2.05) is 38.9 Å². The number of nitrogens with two attached hydrogens (primary N) is 1. The highest BCUT2D eigenvalue weighted by molar-refractivity contribution is 7.13. The first kappa shape index (κ1) is 50.1. The van der Waals surface area contributed by atoms with Crippen molar-refractivity contribution in [1.29, 1.82) is 0 Å². The average Bonchev–Trinajstić information content (AvgIpc) is 3.67. The van der Waals surface area contributed by atoms with Gasteiger partial charge in [-0.1, -0.05) is 32.9 Å². The highest BCUT2D eigenvalue weighted by atomic mass is 32.1. The quantitative estimate of drug-likeness (QED) is 0.146. The van der Waals surface area contributed by atoms with Crippen LogP contribution in [0, 0.1) is 11.8 Å². The summed E-state index contributed by atoms with van der Waals surface area (Å²) in [5, 5.41) is 34.0. The number of hydrogen-bond acceptors (Lipinski definition) is 17. The van der Waals surface area contributed by atoms with Gasteiger partial charge in [0.2, 0.25) is 5.91 Å². The number of pyridine rings is 1. The highest BCUT2D eigenvalue weighted by Gasteiger charge is 2.56. The summed E-state index contributed by atoms with van der Waals surface area (Å²) in [6.07, 6.45) is -4.81. The smallest absolute Gasteiger partial charge is 0.351 e. The number of aliphatic hydroxyl groups is 2. The van der Waals surface area contributed by atoms with Crippen LogP contribution in [0.1, 0.15) is 93.7 Å². The van der Waals surface area contributed by atoms with Crippen LogP contribution in [0.15, 0.2) is 40.1 Å². The van der Waals surface area contributed by atoms with Crippen molar-refractivity contribution in [2.45, 2.75) is 154 Å². The van der Waals surface area contributed by atoms with Crippen LogP contribution in [-0.2, 0) is 49.5 Å². The van der Waals surface area contributed by atoms with Crippen molar-refractivity contribution in [3.8, 4) is 10.6 Å². The third-order valence-electron chi connectivity index (χ3n) is 12.3. The maximum absolute atomic E-state index is 17.0. The largest absolute Gasteiger partial charge is 0.457 e. The zero-order chi connectivity index (χ0) is 46.6. The number of amides is 1. The summed E-state index contributed by atoms with van der Waals surface area (Å²) >= 11 is 1.39. The van der Waals surface area contributed by atoms with E-state index in [-0.39, 0.29) is 56.8 Å². The number of rotatable bonds is 10. The van der Waals surface area contributed by atoms with Crippen LogP contribution in [0.25, 0.3) is 10.6 Å². The third kappa shape index (κ3) is 11.3. The van der Waals surface area contributed by atoms with Crippen LogP contribution in [0.4, 0.5) is 10.2 Å². The molecule has 0 aromatic carbocycles. The first-order valence-corrected chi connectivity index (χ1v) is 22.3. The molecule has 5 heterocycles. The van der Waals surface area contributed by atoms with Gasteiger partial charge in [-0.15, -0.1) is 11.3 Å². The lowest BCUT2D eigenvalue weighted by Crippen LogP contribution is -2.61. The van der Waals surface area contributed by atoms with Crippen LogP contribution in [0.5, 0.6) is 0 Å². The fourth-order valence-electron chi connectivity index (χ4n) is 8.74. The number of likely N-dealkylation sites (N-methyl/N-ethyl adjacent to an activating group) is 1. The number of esters is 1. The average molecular weight is 905 g/mol. The van der Waals surface area contributed by atoms with Gasteiger partial charge in [-0.3, -0.25) is 14.6 Å². The molecule has 2 aromatic rings. The number of cyclic esters (lactones) is 1. The van der Waals surface area contributed by atoms with Gasteiger partial charge < -0.3 is 54.7 Å². The number of ketones is 1. The molecule has 350 valence electrons. The Morgan fingerprint density at radius 1 is 1.16 bits per heavy atom. The lowest BCUT2D eigenvalue weighted by Gasteiger charge is -2.47. The molecule has 3 aliphatic rings. The van der Waals surface area contributed by atoms with Gasteiger partial charge in [0.1, 0.15) is 40.5 Å². The minimum Gasteiger partial charge on any atom is -0.457 e. The summed E-state index contributed by atoms with van der Waals surface area (Å²) in [4.78, 5) is 58.1. The number of oxime groups is 1. The number of Topliss-reactive ketones (excluding diaryl/α,β-unsaturated/α-hetero) is 1.